The third kappa shape index (κ3) is 4.58. The normalized spacial score (nSPS) is 9.91. The largest absolute Gasteiger partial charge is 0.489 e. The van der Waals surface area contributed by atoms with Crippen LogP contribution >= 0.6 is 11.6 Å². The van der Waals surface area contributed by atoms with Crippen LogP contribution in [0.5, 0.6) is 11.5 Å². The zero-order chi connectivity index (χ0) is 15.8. The first-order chi connectivity index (χ1) is 10.7. The lowest BCUT2D eigenvalue weighted by atomic mass is 10.2. The standard InChI is InChI=1S/C16H16ClN3O2/c1-2-12-3-6-15(7-4-12)21-10-13-9-14(17)5-8-16(13)22-11-19-20-18/h3-9H,2,10-11H2,1H3. The van der Waals surface area contributed by atoms with Gasteiger partial charge in [-0.15, -0.1) is 0 Å². The van der Waals surface area contributed by atoms with Crippen LogP contribution < -0.4 is 9.47 Å². The van der Waals surface area contributed by atoms with Crippen LogP contribution in [-0.2, 0) is 13.0 Å². The van der Waals surface area contributed by atoms with Crippen LogP contribution in [0.2, 0.25) is 5.02 Å². The molecule has 0 aromatic heterocycles. The molecule has 5 nitrogen and oxygen atoms in total. The summed E-state index contributed by atoms with van der Waals surface area (Å²) in [4.78, 5) is 2.65. The van der Waals surface area contributed by atoms with Crippen molar-refractivity contribution >= 4 is 11.6 Å². The van der Waals surface area contributed by atoms with Crippen molar-refractivity contribution < 1.29 is 9.47 Å². The van der Waals surface area contributed by atoms with Gasteiger partial charge in [0.2, 0.25) is 0 Å². The predicted octanol–water partition coefficient (Wildman–Crippen LogP) is 5.13. The minimum absolute atomic E-state index is 0.0731. The average Bonchev–Trinajstić information content (AvgIpc) is 2.55. The van der Waals surface area contributed by atoms with E-state index in [-0.39, 0.29) is 6.73 Å². The van der Waals surface area contributed by atoms with Crippen molar-refractivity contribution in [2.45, 2.75) is 20.0 Å². The summed E-state index contributed by atoms with van der Waals surface area (Å²) in [6, 6.07) is 13.2. The number of azide groups is 1. The van der Waals surface area contributed by atoms with Gasteiger partial charge in [-0.1, -0.05) is 35.8 Å². The molecule has 0 spiro atoms. The number of halogens is 1. The molecule has 0 saturated heterocycles. The minimum Gasteiger partial charge on any atom is -0.489 e. The van der Waals surface area contributed by atoms with E-state index >= 15 is 0 Å². The Bertz CT molecular complexity index is 668. The molecule has 0 heterocycles. The van der Waals surface area contributed by atoms with Crippen LogP contribution in [0.4, 0.5) is 0 Å². The van der Waals surface area contributed by atoms with Gasteiger partial charge in [-0.25, -0.2) is 0 Å². The van der Waals surface area contributed by atoms with Crippen LogP contribution in [0, 0.1) is 0 Å². The van der Waals surface area contributed by atoms with Crippen molar-refractivity contribution in [3.05, 3.63) is 69.1 Å². The minimum atomic E-state index is -0.0731. The molecule has 0 aliphatic rings. The van der Waals surface area contributed by atoms with Gasteiger partial charge in [-0.3, -0.25) is 0 Å². The van der Waals surface area contributed by atoms with Gasteiger partial charge in [0.15, 0.2) is 6.73 Å². The summed E-state index contributed by atoms with van der Waals surface area (Å²) in [6.07, 6.45) is 0.992. The first kappa shape index (κ1) is 16.0. The topological polar surface area (TPSA) is 67.2 Å². The zero-order valence-corrected chi connectivity index (χ0v) is 13.0. The van der Waals surface area contributed by atoms with Gasteiger partial charge in [0, 0.05) is 15.5 Å². The Kier molecular flexibility index (Phi) is 5.95. The molecule has 0 amide bonds. The Morgan fingerprint density at radius 2 is 1.91 bits per heavy atom. The van der Waals surface area contributed by atoms with Crippen LogP contribution in [-0.4, -0.2) is 6.73 Å². The van der Waals surface area contributed by atoms with E-state index in [0.29, 0.717) is 17.4 Å². The number of benzene rings is 2. The molecule has 0 aliphatic carbocycles. The van der Waals surface area contributed by atoms with E-state index < -0.39 is 0 Å². The van der Waals surface area contributed by atoms with E-state index in [1.165, 1.54) is 5.56 Å². The number of aryl methyl sites for hydroxylation is 1. The molecule has 6 heteroatoms. The van der Waals surface area contributed by atoms with Gasteiger partial charge < -0.3 is 9.47 Å². The number of rotatable bonds is 7. The maximum absolute atomic E-state index is 8.28. The lowest BCUT2D eigenvalue weighted by Gasteiger charge is -2.12. The van der Waals surface area contributed by atoms with E-state index in [1.54, 1.807) is 18.2 Å². The summed E-state index contributed by atoms with van der Waals surface area (Å²) in [5.74, 6) is 1.36. The third-order valence-electron chi connectivity index (χ3n) is 3.09. The van der Waals surface area contributed by atoms with Crippen molar-refractivity contribution in [3.8, 4) is 11.5 Å². The Balaban J connectivity index is 2.06. The molecule has 0 fully saturated rings. The molecule has 22 heavy (non-hydrogen) atoms. The van der Waals surface area contributed by atoms with Crippen LogP contribution in [0.25, 0.3) is 10.4 Å². The van der Waals surface area contributed by atoms with Gasteiger partial charge in [0.05, 0.1) is 0 Å². The number of hydrogen-bond donors (Lipinski definition) is 0. The van der Waals surface area contributed by atoms with Crippen LogP contribution in [0.3, 0.4) is 0 Å². The predicted molar refractivity (Wildman–Crippen MR) is 86.2 cm³/mol. The van der Waals surface area contributed by atoms with Gasteiger partial charge >= 0.3 is 0 Å². The Hall–Kier alpha value is -2.36. The van der Waals surface area contributed by atoms with Gasteiger partial charge in [0.25, 0.3) is 0 Å². The second kappa shape index (κ2) is 8.17. The first-order valence-electron chi connectivity index (χ1n) is 6.86. The molecule has 2 rings (SSSR count). The highest BCUT2D eigenvalue weighted by Crippen LogP contribution is 2.25. The van der Waals surface area contributed by atoms with E-state index in [0.717, 1.165) is 17.7 Å². The zero-order valence-electron chi connectivity index (χ0n) is 12.2. The molecule has 2 aromatic rings. The van der Waals surface area contributed by atoms with E-state index in [2.05, 4.69) is 16.9 Å². The molecule has 0 bridgehead atoms. The Morgan fingerprint density at radius 3 is 2.59 bits per heavy atom. The molecular formula is C16H16ClN3O2. The van der Waals surface area contributed by atoms with Gasteiger partial charge in [0.1, 0.15) is 18.1 Å². The summed E-state index contributed by atoms with van der Waals surface area (Å²) in [5.41, 5.74) is 10.3. The maximum Gasteiger partial charge on any atom is 0.167 e. The summed E-state index contributed by atoms with van der Waals surface area (Å²) in [6.45, 7) is 2.35. The molecule has 0 atom stereocenters. The fraction of sp³-hybridized carbons (Fsp3) is 0.250. The quantitative estimate of drug-likeness (QED) is 0.403. The van der Waals surface area contributed by atoms with Crippen molar-refractivity contribution in [2.75, 3.05) is 6.73 Å². The van der Waals surface area contributed by atoms with Crippen LogP contribution in [0.15, 0.2) is 47.6 Å². The van der Waals surface area contributed by atoms with Crippen molar-refractivity contribution in [1.82, 2.24) is 0 Å². The maximum atomic E-state index is 8.28. The molecule has 0 unspecified atom stereocenters. The van der Waals surface area contributed by atoms with Crippen LogP contribution in [0.1, 0.15) is 18.1 Å². The van der Waals surface area contributed by atoms with Gasteiger partial charge in [-0.2, -0.15) is 0 Å². The molecule has 2 aromatic carbocycles. The number of hydrogen-bond acceptors (Lipinski definition) is 3. The number of ether oxygens (including phenoxy) is 2. The lowest BCUT2D eigenvalue weighted by Crippen LogP contribution is -2.01. The molecule has 0 aliphatic heterocycles. The Morgan fingerprint density at radius 1 is 1.14 bits per heavy atom. The van der Waals surface area contributed by atoms with Gasteiger partial charge in [-0.05, 0) is 47.8 Å². The highest BCUT2D eigenvalue weighted by atomic mass is 35.5. The monoisotopic (exact) mass is 317 g/mol. The van der Waals surface area contributed by atoms with Crippen molar-refractivity contribution in [2.24, 2.45) is 5.11 Å². The average molecular weight is 318 g/mol. The molecule has 0 saturated carbocycles. The third-order valence-corrected chi connectivity index (χ3v) is 3.32. The van der Waals surface area contributed by atoms with E-state index in [1.807, 2.05) is 24.3 Å². The van der Waals surface area contributed by atoms with E-state index in [4.69, 9.17) is 26.6 Å². The SMILES string of the molecule is CCc1ccc(OCc2cc(Cl)ccc2OCN=[N+]=[N-])cc1. The summed E-state index contributed by atoms with van der Waals surface area (Å²) in [5, 5.41) is 3.95. The molecule has 0 radical (unpaired) electrons. The fourth-order valence-corrected chi connectivity index (χ4v) is 2.10. The summed E-state index contributed by atoms with van der Waals surface area (Å²) >= 11 is 6.01. The summed E-state index contributed by atoms with van der Waals surface area (Å²) < 4.78 is 11.1. The molecule has 114 valence electrons. The highest BCUT2D eigenvalue weighted by molar-refractivity contribution is 6.30. The lowest BCUT2D eigenvalue weighted by molar-refractivity contribution is 0.283. The van der Waals surface area contributed by atoms with Crippen molar-refractivity contribution in [3.63, 3.8) is 0 Å². The summed E-state index contributed by atoms with van der Waals surface area (Å²) in [7, 11) is 0. The first-order valence-corrected chi connectivity index (χ1v) is 7.24. The van der Waals surface area contributed by atoms with E-state index in [9.17, 15) is 0 Å². The highest BCUT2D eigenvalue weighted by Gasteiger charge is 2.06. The molecular weight excluding hydrogens is 302 g/mol. The van der Waals surface area contributed by atoms with Crippen molar-refractivity contribution in [1.29, 1.82) is 0 Å². The Labute approximate surface area is 134 Å². The fourth-order valence-electron chi connectivity index (χ4n) is 1.91. The smallest absolute Gasteiger partial charge is 0.167 e. The second-order valence-electron chi connectivity index (χ2n) is 4.54. The molecule has 0 N–H and O–H groups in total. The second-order valence-corrected chi connectivity index (χ2v) is 4.98. The number of nitrogens with zero attached hydrogens (tertiary/aromatic N) is 3.